The number of halogens is 2. The second-order valence-corrected chi connectivity index (χ2v) is 6.72. The standard InChI is InChI=1S/C17H22ClFN2O/c1-12-5-6-14(19)15(16(12)18)17(22)21-10-7-13(11-21)20-8-3-2-4-9-20/h5-6,13H,2-4,7-11H2,1H3. The average molecular weight is 325 g/mol. The molecule has 1 atom stereocenters. The Morgan fingerprint density at radius 1 is 1.23 bits per heavy atom. The van der Waals surface area contributed by atoms with Gasteiger partial charge in [0.1, 0.15) is 5.82 Å². The molecule has 1 amide bonds. The highest BCUT2D eigenvalue weighted by molar-refractivity contribution is 6.34. The van der Waals surface area contributed by atoms with Crippen molar-refractivity contribution in [3.8, 4) is 0 Å². The second-order valence-electron chi connectivity index (χ2n) is 6.34. The Bertz CT molecular complexity index is 572. The van der Waals surface area contributed by atoms with E-state index in [0.717, 1.165) is 25.1 Å². The number of likely N-dealkylation sites (tertiary alicyclic amines) is 2. The van der Waals surface area contributed by atoms with Crippen LogP contribution in [0, 0.1) is 12.7 Å². The number of piperidine rings is 1. The summed E-state index contributed by atoms with van der Waals surface area (Å²) in [5.74, 6) is -0.798. The number of hydrogen-bond donors (Lipinski definition) is 0. The maximum Gasteiger partial charge on any atom is 0.258 e. The topological polar surface area (TPSA) is 23.6 Å². The average Bonchev–Trinajstić information content (AvgIpc) is 3.02. The first-order chi connectivity index (χ1) is 10.6. The summed E-state index contributed by atoms with van der Waals surface area (Å²) in [5, 5.41) is 0.242. The molecule has 3 nitrogen and oxygen atoms in total. The van der Waals surface area contributed by atoms with Gasteiger partial charge in [-0.15, -0.1) is 0 Å². The molecule has 3 rings (SSSR count). The van der Waals surface area contributed by atoms with Crippen LogP contribution in [0.2, 0.25) is 5.02 Å². The number of aryl methyl sites for hydroxylation is 1. The van der Waals surface area contributed by atoms with Crippen molar-refractivity contribution >= 4 is 17.5 Å². The molecule has 0 spiro atoms. The first-order valence-corrected chi connectivity index (χ1v) is 8.43. The summed E-state index contributed by atoms with van der Waals surface area (Å²) in [7, 11) is 0. The zero-order chi connectivity index (χ0) is 15.7. The molecular weight excluding hydrogens is 303 g/mol. The van der Waals surface area contributed by atoms with E-state index in [0.29, 0.717) is 19.1 Å². The molecule has 1 aromatic rings. The van der Waals surface area contributed by atoms with Crippen LogP contribution in [0.3, 0.4) is 0 Å². The molecule has 0 radical (unpaired) electrons. The summed E-state index contributed by atoms with van der Waals surface area (Å²) in [5.41, 5.74) is 0.763. The lowest BCUT2D eigenvalue weighted by molar-refractivity contribution is 0.0767. The normalized spacial score (nSPS) is 23.0. The molecule has 0 saturated carbocycles. The van der Waals surface area contributed by atoms with E-state index < -0.39 is 5.82 Å². The molecular formula is C17H22ClFN2O. The molecule has 22 heavy (non-hydrogen) atoms. The monoisotopic (exact) mass is 324 g/mol. The molecule has 0 aliphatic carbocycles. The minimum Gasteiger partial charge on any atom is -0.337 e. The smallest absolute Gasteiger partial charge is 0.258 e. The molecule has 0 aromatic heterocycles. The number of benzene rings is 1. The van der Waals surface area contributed by atoms with Gasteiger partial charge in [-0.2, -0.15) is 0 Å². The van der Waals surface area contributed by atoms with Crippen LogP contribution in [0.25, 0.3) is 0 Å². The largest absolute Gasteiger partial charge is 0.337 e. The van der Waals surface area contributed by atoms with Gasteiger partial charge in [0.25, 0.3) is 5.91 Å². The van der Waals surface area contributed by atoms with Crippen LogP contribution in [0.1, 0.15) is 41.6 Å². The fraction of sp³-hybridized carbons (Fsp3) is 0.588. The van der Waals surface area contributed by atoms with Crippen molar-refractivity contribution in [3.05, 3.63) is 34.1 Å². The molecule has 2 aliphatic rings. The Morgan fingerprint density at radius 3 is 2.68 bits per heavy atom. The number of nitrogens with zero attached hydrogens (tertiary/aromatic N) is 2. The predicted octanol–water partition coefficient (Wildman–Crippen LogP) is 3.49. The van der Waals surface area contributed by atoms with E-state index in [1.165, 1.54) is 25.3 Å². The van der Waals surface area contributed by atoms with Gasteiger partial charge >= 0.3 is 0 Å². The van der Waals surface area contributed by atoms with Crippen molar-refractivity contribution < 1.29 is 9.18 Å². The highest BCUT2D eigenvalue weighted by atomic mass is 35.5. The third kappa shape index (κ3) is 2.99. The van der Waals surface area contributed by atoms with Crippen LogP contribution in [0.5, 0.6) is 0 Å². The molecule has 0 N–H and O–H groups in total. The van der Waals surface area contributed by atoms with Gasteiger partial charge in [-0.3, -0.25) is 9.69 Å². The third-order valence-corrected chi connectivity index (χ3v) is 5.34. The Labute approximate surface area is 136 Å². The number of carbonyl (C=O) groups is 1. The summed E-state index contributed by atoms with van der Waals surface area (Å²) in [6.45, 7) is 5.39. The summed E-state index contributed by atoms with van der Waals surface area (Å²) in [6, 6.07) is 3.35. The van der Waals surface area contributed by atoms with E-state index in [-0.39, 0.29) is 16.5 Å². The summed E-state index contributed by atoms with van der Waals surface area (Å²) < 4.78 is 14.0. The van der Waals surface area contributed by atoms with Crippen LogP contribution >= 0.6 is 11.6 Å². The maximum atomic E-state index is 14.0. The summed E-state index contributed by atoms with van der Waals surface area (Å²) in [6.07, 6.45) is 4.75. The van der Waals surface area contributed by atoms with E-state index in [4.69, 9.17) is 11.6 Å². The fourth-order valence-electron chi connectivity index (χ4n) is 3.52. The van der Waals surface area contributed by atoms with Gasteiger partial charge in [0.2, 0.25) is 0 Å². The fourth-order valence-corrected chi connectivity index (χ4v) is 3.75. The Morgan fingerprint density at radius 2 is 1.95 bits per heavy atom. The van der Waals surface area contributed by atoms with E-state index >= 15 is 0 Å². The number of hydrogen-bond acceptors (Lipinski definition) is 2. The minimum absolute atomic E-state index is 0.0287. The Hall–Kier alpha value is -1.13. The van der Waals surface area contributed by atoms with Crippen LogP contribution < -0.4 is 0 Å². The molecule has 0 bridgehead atoms. The molecule has 5 heteroatoms. The van der Waals surface area contributed by atoms with E-state index in [1.807, 2.05) is 0 Å². The minimum atomic E-state index is -0.526. The predicted molar refractivity (Wildman–Crippen MR) is 85.9 cm³/mol. The highest BCUT2D eigenvalue weighted by Gasteiger charge is 2.33. The zero-order valence-electron chi connectivity index (χ0n) is 12.9. The second kappa shape index (κ2) is 6.55. The maximum absolute atomic E-state index is 14.0. The van der Waals surface area contributed by atoms with Crippen LogP contribution in [0.4, 0.5) is 4.39 Å². The molecule has 2 fully saturated rings. The van der Waals surface area contributed by atoms with Crippen molar-refractivity contribution in [2.24, 2.45) is 0 Å². The van der Waals surface area contributed by atoms with Crippen molar-refractivity contribution in [2.45, 2.75) is 38.6 Å². The summed E-state index contributed by atoms with van der Waals surface area (Å²) >= 11 is 6.16. The molecule has 1 unspecified atom stereocenters. The van der Waals surface area contributed by atoms with Crippen molar-refractivity contribution in [3.63, 3.8) is 0 Å². The molecule has 120 valence electrons. The molecule has 2 saturated heterocycles. The zero-order valence-corrected chi connectivity index (χ0v) is 13.7. The molecule has 1 aromatic carbocycles. The van der Waals surface area contributed by atoms with Crippen molar-refractivity contribution in [1.82, 2.24) is 9.80 Å². The Kier molecular flexibility index (Phi) is 4.69. The Balaban J connectivity index is 1.73. The number of carbonyl (C=O) groups excluding carboxylic acids is 1. The highest BCUT2D eigenvalue weighted by Crippen LogP contribution is 2.27. The first kappa shape index (κ1) is 15.8. The summed E-state index contributed by atoms with van der Waals surface area (Å²) in [4.78, 5) is 16.9. The van der Waals surface area contributed by atoms with Gasteiger partial charge in [-0.05, 0) is 50.9 Å². The van der Waals surface area contributed by atoms with Crippen LogP contribution in [-0.2, 0) is 0 Å². The van der Waals surface area contributed by atoms with Gasteiger partial charge in [0.15, 0.2) is 0 Å². The van der Waals surface area contributed by atoms with Crippen molar-refractivity contribution in [2.75, 3.05) is 26.2 Å². The van der Waals surface area contributed by atoms with Gasteiger partial charge in [0, 0.05) is 19.1 Å². The van der Waals surface area contributed by atoms with E-state index in [2.05, 4.69) is 4.90 Å². The number of amides is 1. The SMILES string of the molecule is Cc1ccc(F)c(C(=O)N2CCC(N3CCCCC3)C2)c1Cl. The van der Waals surface area contributed by atoms with Gasteiger partial charge < -0.3 is 4.90 Å². The lowest BCUT2D eigenvalue weighted by Crippen LogP contribution is -2.41. The van der Waals surface area contributed by atoms with Crippen LogP contribution in [0.15, 0.2) is 12.1 Å². The van der Waals surface area contributed by atoms with E-state index in [9.17, 15) is 9.18 Å². The molecule has 2 aliphatic heterocycles. The lowest BCUT2D eigenvalue weighted by Gasteiger charge is -2.32. The lowest BCUT2D eigenvalue weighted by atomic mass is 10.1. The first-order valence-electron chi connectivity index (χ1n) is 8.06. The van der Waals surface area contributed by atoms with Crippen LogP contribution in [-0.4, -0.2) is 47.9 Å². The van der Waals surface area contributed by atoms with Gasteiger partial charge in [-0.1, -0.05) is 24.1 Å². The van der Waals surface area contributed by atoms with E-state index in [1.54, 1.807) is 17.9 Å². The van der Waals surface area contributed by atoms with Gasteiger partial charge in [-0.25, -0.2) is 4.39 Å². The number of rotatable bonds is 2. The molecule has 2 heterocycles. The van der Waals surface area contributed by atoms with Crippen molar-refractivity contribution in [1.29, 1.82) is 0 Å². The third-order valence-electron chi connectivity index (χ3n) is 4.86. The van der Waals surface area contributed by atoms with Gasteiger partial charge in [0.05, 0.1) is 10.6 Å². The quantitative estimate of drug-likeness (QED) is 0.831.